The van der Waals surface area contributed by atoms with E-state index in [0.717, 1.165) is 19.3 Å². The van der Waals surface area contributed by atoms with Crippen molar-refractivity contribution in [3.8, 4) is 0 Å². The van der Waals surface area contributed by atoms with Crippen LogP contribution in [-0.4, -0.2) is 17.9 Å². The fraction of sp³-hybridized carbons (Fsp3) is 0.833. The van der Waals surface area contributed by atoms with Gasteiger partial charge in [-0.25, -0.2) is 4.79 Å². The van der Waals surface area contributed by atoms with E-state index in [1.807, 2.05) is 0 Å². The molecule has 0 fully saturated rings. The zero-order chi connectivity index (χ0) is 7.82. The third kappa shape index (κ3) is 5.37. The molecular formula is C6H13NO3. The summed E-state index contributed by atoms with van der Waals surface area (Å²) in [4.78, 5) is 13.6. The van der Waals surface area contributed by atoms with E-state index in [1.165, 1.54) is 0 Å². The van der Waals surface area contributed by atoms with Crippen LogP contribution < -0.4 is 5.32 Å². The minimum Gasteiger partial charge on any atom is -0.319 e. The van der Waals surface area contributed by atoms with Crippen molar-refractivity contribution >= 4 is 6.09 Å². The van der Waals surface area contributed by atoms with Gasteiger partial charge in [-0.05, 0) is 6.42 Å². The Bertz CT molecular complexity index is 95.0. The summed E-state index contributed by atoms with van der Waals surface area (Å²) in [6, 6.07) is 0. The van der Waals surface area contributed by atoms with Crippen molar-refractivity contribution in [2.45, 2.75) is 26.2 Å². The molecule has 0 aliphatic carbocycles. The molecule has 0 radical (unpaired) electrons. The van der Waals surface area contributed by atoms with Crippen molar-refractivity contribution in [2.24, 2.45) is 0 Å². The van der Waals surface area contributed by atoms with Gasteiger partial charge in [0.1, 0.15) is 0 Å². The predicted octanol–water partition coefficient (Wildman–Crippen LogP) is 1.38. The Labute approximate surface area is 60.1 Å². The SMILES string of the molecule is CCCCCNC(=O)OO. The number of unbranched alkanes of at least 4 members (excludes halogenated alkanes) is 2. The van der Waals surface area contributed by atoms with Crippen molar-refractivity contribution in [1.82, 2.24) is 5.32 Å². The Morgan fingerprint density at radius 3 is 2.80 bits per heavy atom. The summed E-state index contributed by atoms with van der Waals surface area (Å²) < 4.78 is 0. The Morgan fingerprint density at radius 2 is 2.30 bits per heavy atom. The number of rotatable bonds is 4. The molecule has 4 heteroatoms. The van der Waals surface area contributed by atoms with Gasteiger partial charge in [-0.15, -0.1) is 0 Å². The van der Waals surface area contributed by atoms with Crippen LogP contribution in [0.15, 0.2) is 0 Å². The Morgan fingerprint density at radius 1 is 1.60 bits per heavy atom. The van der Waals surface area contributed by atoms with Crippen molar-refractivity contribution in [3.63, 3.8) is 0 Å². The first-order valence-electron chi connectivity index (χ1n) is 3.40. The molecule has 0 heterocycles. The molecule has 0 aliphatic heterocycles. The molecule has 0 unspecified atom stereocenters. The fourth-order valence-corrected chi connectivity index (χ4v) is 0.598. The monoisotopic (exact) mass is 147 g/mol. The first-order chi connectivity index (χ1) is 4.81. The van der Waals surface area contributed by atoms with Crippen molar-refractivity contribution in [1.29, 1.82) is 0 Å². The maximum atomic E-state index is 10.2. The van der Waals surface area contributed by atoms with E-state index in [0.29, 0.717) is 6.54 Å². The summed E-state index contributed by atoms with van der Waals surface area (Å²) >= 11 is 0. The van der Waals surface area contributed by atoms with Crippen molar-refractivity contribution < 1.29 is 14.9 Å². The largest absolute Gasteiger partial charge is 0.438 e. The highest BCUT2D eigenvalue weighted by molar-refractivity contribution is 5.66. The lowest BCUT2D eigenvalue weighted by atomic mass is 10.2. The third-order valence-corrected chi connectivity index (χ3v) is 1.13. The van der Waals surface area contributed by atoms with Crippen LogP contribution in [0.25, 0.3) is 0 Å². The molecule has 0 aromatic rings. The fourth-order valence-electron chi connectivity index (χ4n) is 0.598. The molecule has 0 bridgehead atoms. The van der Waals surface area contributed by atoms with Gasteiger partial charge in [0.25, 0.3) is 0 Å². The van der Waals surface area contributed by atoms with Crippen molar-refractivity contribution in [2.75, 3.05) is 6.54 Å². The molecule has 4 nitrogen and oxygen atoms in total. The van der Waals surface area contributed by atoms with E-state index in [2.05, 4.69) is 17.1 Å². The molecule has 0 aromatic carbocycles. The molecular weight excluding hydrogens is 134 g/mol. The molecule has 2 N–H and O–H groups in total. The second-order valence-corrected chi connectivity index (χ2v) is 2.01. The zero-order valence-electron chi connectivity index (χ0n) is 6.09. The van der Waals surface area contributed by atoms with Crippen LogP contribution in [-0.2, 0) is 4.89 Å². The zero-order valence-corrected chi connectivity index (χ0v) is 6.09. The lowest BCUT2D eigenvalue weighted by Gasteiger charge is -1.99. The number of carbonyl (C=O) groups excluding carboxylic acids is 1. The van der Waals surface area contributed by atoms with Gasteiger partial charge in [-0.3, -0.25) is 4.89 Å². The molecule has 0 spiro atoms. The second kappa shape index (κ2) is 6.35. The molecule has 60 valence electrons. The summed E-state index contributed by atoms with van der Waals surface area (Å²) in [7, 11) is 0. The Kier molecular flexibility index (Phi) is 5.86. The minimum atomic E-state index is -0.781. The molecule has 1 amide bonds. The summed E-state index contributed by atoms with van der Waals surface area (Å²) in [5, 5.41) is 10.1. The third-order valence-electron chi connectivity index (χ3n) is 1.13. The summed E-state index contributed by atoms with van der Waals surface area (Å²) in [6.45, 7) is 2.64. The van der Waals surface area contributed by atoms with E-state index in [1.54, 1.807) is 0 Å². The molecule has 0 aliphatic rings. The molecule has 0 saturated heterocycles. The number of nitrogens with one attached hydrogen (secondary N) is 1. The van der Waals surface area contributed by atoms with Gasteiger partial charge in [0.15, 0.2) is 0 Å². The molecule has 0 atom stereocenters. The number of hydrogen-bond acceptors (Lipinski definition) is 3. The molecule has 0 saturated carbocycles. The highest BCUT2D eigenvalue weighted by atomic mass is 17.1. The number of hydrogen-bond donors (Lipinski definition) is 2. The van der Waals surface area contributed by atoms with Crippen LogP contribution in [0.4, 0.5) is 4.79 Å². The van der Waals surface area contributed by atoms with Crippen molar-refractivity contribution in [3.05, 3.63) is 0 Å². The van der Waals surface area contributed by atoms with Gasteiger partial charge in [-0.2, -0.15) is 5.26 Å². The second-order valence-electron chi connectivity index (χ2n) is 2.01. The summed E-state index contributed by atoms with van der Waals surface area (Å²) in [6.07, 6.45) is 2.32. The van der Waals surface area contributed by atoms with Gasteiger partial charge < -0.3 is 5.32 Å². The van der Waals surface area contributed by atoms with E-state index >= 15 is 0 Å². The standard InChI is InChI=1S/C6H13NO3/c1-2-3-4-5-7-6(8)10-9/h9H,2-5H2,1H3,(H,7,8). The van der Waals surface area contributed by atoms with Gasteiger partial charge in [0, 0.05) is 6.54 Å². The van der Waals surface area contributed by atoms with Crippen LogP contribution >= 0.6 is 0 Å². The Balaban J connectivity index is 2.96. The predicted molar refractivity (Wildman–Crippen MR) is 36.6 cm³/mol. The first kappa shape index (κ1) is 9.23. The highest BCUT2D eigenvalue weighted by Gasteiger charge is 1.96. The van der Waals surface area contributed by atoms with Crippen LogP contribution in [0.2, 0.25) is 0 Å². The smallest absolute Gasteiger partial charge is 0.319 e. The maximum Gasteiger partial charge on any atom is 0.438 e. The maximum absolute atomic E-state index is 10.2. The number of amides is 1. The Hall–Kier alpha value is -0.770. The van der Waals surface area contributed by atoms with Crippen LogP contribution in [0.3, 0.4) is 0 Å². The van der Waals surface area contributed by atoms with Gasteiger partial charge in [0.2, 0.25) is 0 Å². The number of carbonyl (C=O) groups is 1. The van der Waals surface area contributed by atoms with Crippen LogP contribution in [0.1, 0.15) is 26.2 Å². The lowest BCUT2D eigenvalue weighted by Crippen LogP contribution is -2.23. The average Bonchev–Trinajstić information content (AvgIpc) is 1.98. The van der Waals surface area contributed by atoms with E-state index in [-0.39, 0.29) is 0 Å². The quantitative estimate of drug-likeness (QED) is 0.358. The van der Waals surface area contributed by atoms with Crippen LogP contribution in [0.5, 0.6) is 0 Å². The average molecular weight is 147 g/mol. The van der Waals surface area contributed by atoms with Gasteiger partial charge in [-0.1, -0.05) is 19.8 Å². The van der Waals surface area contributed by atoms with E-state index < -0.39 is 6.09 Å². The summed E-state index contributed by atoms with van der Waals surface area (Å²) in [5.74, 6) is 0. The van der Waals surface area contributed by atoms with Crippen LogP contribution in [0, 0.1) is 0 Å². The topological polar surface area (TPSA) is 58.6 Å². The van der Waals surface area contributed by atoms with E-state index in [4.69, 9.17) is 5.26 Å². The highest BCUT2D eigenvalue weighted by Crippen LogP contribution is 1.90. The molecule has 0 rings (SSSR count). The van der Waals surface area contributed by atoms with E-state index in [9.17, 15) is 4.79 Å². The molecule has 10 heavy (non-hydrogen) atoms. The normalized spacial score (nSPS) is 9.00. The molecule has 0 aromatic heterocycles. The van der Waals surface area contributed by atoms with Gasteiger partial charge in [0.05, 0.1) is 0 Å². The summed E-state index contributed by atoms with van der Waals surface area (Å²) in [5.41, 5.74) is 0. The minimum absolute atomic E-state index is 0.563. The lowest BCUT2D eigenvalue weighted by molar-refractivity contribution is -0.177. The van der Waals surface area contributed by atoms with Gasteiger partial charge >= 0.3 is 6.09 Å². The first-order valence-corrected chi connectivity index (χ1v) is 3.40.